The monoisotopic (exact) mass is 188 g/mol. The van der Waals surface area contributed by atoms with E-state index in [9.17, 15) is 0 Å². The van der Waals surface area contributed by atoms with E-state index < -0.39 is 0 Å². The Balaban J connectivity index is -0.0000000257. The second-order valence-electron chi connectivity index (χ2n) is 0.250. The molecule has 7 heteroatoms. The van der Waals surface area contributed by atoms with Crippen LogP contribution in [0.15, 0.2) is 0 Å². The summed E-state index contributed by atoms with van der Waals surface area (Å²) in [5, 5.41) is 24.4. The van der Waals surface area contributed by atoms with Gasteiger partial charge in [0, 0.05) is 0 Å². The van der Waals surface area contributed by atoms with Crippen LogP contribution in [0.25, 0.3) is 0 Å². The van der Waals surface area contributed by atoms with Crippen LogP contribution < -0.4 is 15.3 Å². The van der Waals surface area contributed by atoms with Gasteiger partial charge >= 0.3 is 17.1 Å². The predicted octanol–water partition coefficient (Wildman–Crippen LogP) is -5.17. The molecule has 0 aliphatic heterocycles. The number of hydrogen-bond acceptors (Lipinski definition) is 6. The van der Waals surface area contributed by atoms with Crippen LogP contribution >= 0.6 is 0 Å². The summed E-state index contributed by atoms with van der Waals surface area (Å²) >= 11 is 0. The van der Waals surface area contributed by atoms with Crippen LogP contribution in [0, 0.1) is 0 Å². The molecule has 10 heavy (non-hydrogen) atoms. The van der Waals surface area contributed by atoms with Gasteiger partial charge in [-0.25, -0.2) is 0 Å². The zero-order valence-corrected chi connectivity index (χ0v) is 5.41. The van der Waals surface area contributed by atoms with Crippen molar-refractivity contribution in [2.75, 3.05) is 0 Å². The first-order chi connectivity index (χ1) is 4.24. The molecule has 4 radical (unpaired) electrons. The van der Waals surface area contributed by atoms with Crippen LogP contribution in [-0.2, 0) is 31.5 Å². The van der Waals surface area contributed by atoms with Crippen LogP contribution in [0.2, 0.25) is 0 Å². The molecular weight excluding hydrogens is 188 g/mol. The fourth-order valence-electron chi connectivity index (χ4n) is 0. The molecule has 0 spiro atoms. The van der Waals surface area contributed by atoms with Crippen LogP contribution in [0.4, 0.5) is 0 Å². The average Bonchev–Trinajstić information content (AvgIpc) is 1.70. The molecule has 56 valence electrons. The predicted molar refractivity (Wildman–Crippen MR) is 17.1 cm³/mol. The van der Waals surface area contributed by atoms with E-state index in [-0.39, 0.29) is 36.5 Å². The summed E-state index contributed by atoms with van der Waals surface area (Å²) in [4.78, 5) is 24.4. The van der Waals surface area contributed by atoms with Gasteiger partial charge in [-0.2, -0.15) is 0 Å². The van der Waals surface area contributed by atoms with Crippen molar-refractivity contribution in [3.05, 3.63) is 0 Å². The van der Waals surface area contributed by atoms with E-state index in [0.29, 0.717) is 0 Å². The first kappa shape index (κ1) is 23.1. The van der Waals surface area contributed by atoms with Crippen LogP contribution in [-0.4, -0.2) is 19.4 Å². The summed E-state index contributed by atoms with van der Waals surface area (Å²) in [6.07, 6.45) is 0. The maximum absolute atomic E-state index is 8.12. The molecule has 0 aromatic carbocycles. The first-order valence-electron chi connectivity index (χ1n) is 1.22. The molecule has 6 nitrogen and oxygen atoms in total. The van der Waals surface area contributed by atoms with Gasteiger partial charge in [0.25, 0.3) is 0 Å². The van der Waals surface area contributed by atoms with E-state index >= 15 is 0 Å². The van der Waals surface area contributed by atoms with Crippen molar-refractivity contribution in [2.24, 2.45) is 0 Å². The minimum Gasteiger partial charge on any atom is -0.543 e. The van der Waals surface area contributed by atoms with E-state index in [1.54, 1.807) is 0 Å². The molecular formula is C3FeO6. The minimum atomic E-state index is 0. The van der Waals surface area contributed by atoms with Gasteiger partial charge in [-0.3, -0.25) is 0 Å². The fraction of sp³-hybridized carbons (Fsp3) is 0. The largest absolute Gasteiger partial charge is 3.00 e. The first-order valence-corrected chi connectivity index (χ1v) is 1.22. The van der Waals surface area contributed by atoms with E-state index in [1.807, 2.05) is 0 Å². The van der Waals surface area contributed by atoms with Crippen molar-refractivity contribution in [1.82, 2.24) is 0 Å². The van der Waals surface area contributed by atoms with Crippen molar-refractivity contribution in [1.29, 1.82) is 0 Å². The van der Waals surface area contributed by atoms with Gasteiger partial charge in [-0.1, -0.05) is 0 Å². The molecule has 0 amide bonds. The SMILES string of the molecule is O=[C][O-].O=[C][O-].O=[C][O-].[Fe+3]. The Morgan fingerprint density at radius 2 is 0.700 bits per heavy atom. The van der Waals surface area contributed by atoms with Gasteiger partial charge in [0.15, 0.2) is 0 Å². The standard InChI is InChI=1S/3CO2.Fe/c3*2-1-3;/q3*-1;+3. The molecule has 0 atom stereocenters. The number of rotatable bonds is 0. The normalized spacial score (nSPS) is 3.60. The molecule has 0 unspecified atom stereocenters. The van der Waals surface area contributed by atoms with Crippen molar-refractivity contribution >= 4 is 19.4 Å². The molecule has 0 saturated heterocycles. The van der Waals surface area contributed by atoms with Crippen molar-refractivity contribution in [3.63, 3.8) is 0 Å². The summed E-state index contributed by atoms with van der Waals surface area (Å²) in [6.45, 7) is 0.750. The third kappa shape index (κ3) is 213. The van der Waals surface area contributed by atoms with E-state index in [2.05, 4.69) is 0 Å². The zero-order chi connectivity index (χ0) is 8.12. The van der Waals surface area contributed by atoms with Crippen molar-refractivity contribution < 1.29 is 46.8 Å². The number of hydrogen-bond donors (Lipinski definition) is 0. The summed E-state index contributed by atoms with van der Waals surface area (Å²) in [5.41, 5.74) is 0. The number of carbonyl (C=O) groups excluding carboxylic acids is 3. The van der Waals surface area contributed by atoms with Crippen LogP contribution in [0.3, 0.4) is 0 Å². The van der Waals surface area contributed by atoms with Crippen molar-refractivity contribution in [3.8, 4) is 0 Å². The molecule has 0 aliphatic carbocycles. The summed E-state index contributed by atoms with van der Waals surface area (Å²) in [6, 6.07) is 0. The average molecular weight is 188 g/mol. The van der Waals surface area contributed by atoms with Gasteiger partial charge < -0.3 is 29.7 Å². The summed E-state index contributed by atoms with van der Waals surface area (Å²) in [7, 11) is 0. The quantitative estimate of drug-likeness (QED) is 0.350. The van der Waals surface area contributed by atoms with Gasteiger partial charge in [0.2, 0.25) is 0 Å². The molecule has 0 saturated carbocycles. The molecule has 0 rings (SSSR count). The van der Waals surface area contributed by atoms with Gasteiger partial charge in [0.1, 0.15) is 0 Å². The van der Waals surface area contributed by atoms with Gasteiger partial charge in [-0.05, 0) is 0 Å². The molecule has 0 fully saturated rings. The Hall–Kier alpha value is -1.07. The smallest absolute Gasteiger partial charge is 0.543 e. The van der Waals surface area contributed by atoms with E-state index in [0.717, 1.165) is 0 Å². The minimum absolute atomic E-state index is 0. The fourth-order valence-corrected chi connectivity index (χ4v) is 0. The Bertz CT molecular complexity index is 49.7. The second kappa shape index (κ2) is 102. The van der Waals surface area contributed by atoms with Crippen LogP contribution in [0.1, 0.15) is 0 Å². The van der Waals surface area contributed by atoms with E-state index in [1.165, 1.54) is 0 Å². The maximum Gasteiger partial charge on any atom is 3.00 e. The molecule has 0 aliphatic rings. The zero-order valence-electron chi connectivity index (χ0n) is 4.30. The Kier molecular flexibility index (Phi) is 236. The Labute approximate surface area is 66.9 Å². The Morgan fingerprint density at radius 1 is 0.700 bits per heavy atom. The van der Waals surface area contributed by atoms with Gasteiger partial charge in [0.05, 0.1) is 19.4 Å². The molecule has 0 aromatic rings. The topological polar surface area (TPSA) is 120 Å². The third-order valence-corrected chi connectivity index (χ3v) is 0. The summed E-state index contributed by atoms with van der Waals surface area (Å²) in [5.74, 6) is 0. The molecule has 0 bridgehead atoms. The summed E-state index contributed by atoms with van der Waals surface area (Å²) < 4.78 is 0. The van der Waals surface area contributed by atoms with Gasteiger partial charge in [-0.15, -0.1) is 0 Å². The Morgan fingerprint density at radius 3 is 0.700 bits per heavy atom. The molecule has 0 N–H and O–H groups in total. The van der Waals surface area contributed by atoms with Crippen molar-refractivity contribution in [2.45, 2.75) is 0 Å². The second-order valence-corrected chi connectivity index (χ2v) is 0.250. The maximum atomic E-state index is 8.12. The molecule has 0 heterocycles. The molecule has 0 aromatic heterocycles. The third-order valence-electron chi connectivity index (χ3n) is 0. The van der Waals surface area contributed by atoms with Crippen LogP contribution in [0.5, 0.6) is 0 Å². The van der Waals surface area contributed by atoms with E-state index in [4.69, 9.17) is 29.7 Å².